The summed E-state index contributed by atoms with van der Waals surface area (Å²) in [5, 5.41) is 27.7. The Hall–Kier alpha value is -0.240. The normalized spacial score (nSPS) is 46.4. The second-order valence-corrected chi connectivity index (χ2v) is 3.11. The Morgan fingerprint density at radius 2 is 2.00 bits per heavy atom. The van der Waals surface area contributed by atoms with Crippen molar-refractivity contribution < 1.29 is 30.5 Å². The van der Waals surface area contributed by atoms with E-state index in [2.05, 4.69) is 5.73 Å². The average Bonchev–Trinajstić information content (AvgIpc) is 2.15. The van der Waals surface area contributed by atoms with Crippen molar-refractivity contribution in [2.24, 2.45) is 0 Å². The zero-order valence-electron chi connectivity index (χ0n) is 7.46. The lowest BCUT2D eigenvalue weighted by atomic mass is 9.98. The van der Waals surface area contributed by atoms with Crippen molar-refractivity contribution in [2.45, 2.75) is 30.6 Å². The highest BCUT2D eigenvalue weighted by Crippen LogP contribution is 2.18. The van der Waals surface area contributed by atoms with Gasteiger partial charge in [-0.3, -0.25) is 0 Å². The van der Waals surface area contributed by atoms with Crippen LogP contribution < -0.4 is 5.73 Å². The summed E-state index contributed by atoms with van der Waals surface area (Å²) >= 11 is 0. The van der Waals surface area contributed by atoms with Gasteiger partial charge >= 0.3 is 0 Å². The molecule has 78 valence electrons. The SMILES string of the molecule is CO[C@@H]1O[C@H](CO)[C@@H](O)[C@H](O)[C@H]1[NH3+]. The molecule has 6 heteroatoms. The van der Waals surface area contributed by atoms with Crippen LogP contribution in [0.4, 0.5) is 0 Å². The highest BCUT2D eigenvalue weighted by molar-refractivity contribution is 4.87. The Morgan fingerprint density at radius 3 is 2.46 bits per heavy atom. The fourth-order valence-electron chi connectivity index (χ4n) is 1.37. The molecule has 6 N–H and O–H groups in total. The zero-order chi connectivity index (χ0) is 10.0. The van der Waals surface area contributed by atoms with Crippen molar-refractivity contribution >= 4 is 0 Å². The molecule has 0 unspecified atom stereocenters. The first kappa shape index (κ1) is 10.8. The van der Waals surface area contributed by atoms with Crippen molar-refractivity contribution in [2.75, 3.05) is 13.7 Å². The van der Waals surface area contributed by atoms with Gasteiger partial charge in [0.25, 0.3) is 0 Å². The maximum absolute atomic E-state index is 9.47. The predicted molar refractivity (Wildman–Crippen MR) is 41.4 cm³/mol. The summed E-state index contributed by atoms with van der Waals surface area (Å²) < 4.78 is 10.0. The smallest absolute Gasteiger partial charge is 0.213 e. The Kier molecular flexibility index (Phi) is 3.60. The maximum Gasteiger partial charge on any atom is 0.213 e. The van der Waals surface area contributed by atoms with Crippen LogP contribution in [0.25, 0.3) is 0 Å². The number of ether oxygens (including phenoxy) is 2. The van der Waals surface area contributed by atoms with E-state index >= 15 is 0 Å². The molecule has 6 nitrogen and oxygen atoms in total. The van der Waals surface area contributed by atoms with Gasteiger partial charge in [-0.25, -0.2) is 0 Å². The molecule has 1 aliphatic rings. The molecular formula is C7H16NO5+. The lowest BCUT2D eigenvalue weighted by Gasteiger charge is -2.37. The van der Waals surface area contributed by atoms with E-state index in [9.17, 15) is 10.2 Å². The third-order valence-electron chi connectivity index (χ3n) is 2.24. The minimum atomic E-state index is -1.11. The van der Waals surface area contributed by atoms with Crippen molar-refractivity contribution in [1.82, 2.24) is 0 Å². The van der Waals surface area contributed by atoms with Crippen LogP contribution in [0.3, 0.4) is 0 Å². The summed E-state index contributed by atoms with van der Waals surface area (Å²) in [6.45, 7) is -0.356. The fourth-order valence-corrected chi connectivity index (χ4v) is 1.37. The molecule has 0 radical (unpaired) electrons. The number of aliphatic hydroxyl groups is 3. The highest BCUT2D eigenvalue weighted by Gasteiger charge is 2.44. The second kappa shape index (κ2) is 4.32. The lowest BCUT2D eigenvalue weighted by molar-refractivity contribution is -0.499. The van der Waals surface area contributed by atoms with Gasteiger partial charge < -0.3 is 30.5 Å². The first-order valence-electron chi connectivity index (χ1n) is 4.10. The molecule has 0 aromatic rings. The Labute approximate surface area is 75.9 Å². The lowest BCUT2D eigenvalue weighted by Crippen LogP contribution is -2.78. The molecule has 0 spiro atoms. The van der Waals surface area contributed by atoms with E-state index in [-0.39, 0.29) is 6.61 Å². The minimum Gasteiger partial charge on any atom is -0.394 e. The molecule has 5 atom stereocenters. The first-order chi connectivity index (χ1) is 6.11. The third kappa shape index (κ3) is 1.98. The van der Waals surface area contributed by atoms with Crippen LogP contribution in [0.5, 0.6) is 0 Å². The van der Waals surface area contributed by atoms with Crippen LogP contribution in [0.1, 0.15) is 0 Å². The maximum atomic E-state index is 9.47. The number of quaternary nitrogens is 1. The minimum absolute atomic E-state index is 0.356. The van der Waals surface area contributed by atoms with Gasteiger partial charge in [0.2, 0.25) is 6.29 Å². The molecule has 1 rings (SSSR count). The van der Waals surface area contributed by atoms with E-state index < -0.39 is 30.6 Å². The van der Waals surface area contributed by atoms with Crippen LogP contribution >= 0.6 is 0 Å². The third-order valence-corrected chi connectivity index (χ3v) is 2.24. The first-order valence-corrected chi connectivity index (χ1v) is 4.10. The zero-order valence-corrected chi connectivity index (χ0v) is 7.46. The van der Waals surface area contributed by atoms with Gasteiger partial charge in [-0.05, 0) is 0 Å². The van der Waals surface area contributed by atoms with Crippen molar-refractivity contribution in [3.05, 3.63) is 0 Å². The largest absolute Gasteiger partial charge is 0.394 e. The monoisotopic (exact) mass is 194 g/mol. The van der Waals surface area contributed by atoms with Gasteiger partial charge in [-0.15, -0.1) is 0 Å². The van der Waals surface area contributed by atoms with Crippen molar-refractivity contribution in [1.29, 1.82) is 0 Å². The summed E-state index contributed by atoms with van der Waals surface area (Å²) in [7, 11) is 1.42. The Balaban J connectivity index is 2.66. The summed E-state index contributed by atoms with van der Waals surface area (Å²) in [4.78, 5) is 0. The van der Waals surface area contributed by atoms with Crippen LogP contribution in [0.15, 0.2) is 0 Å². The van der Waals surface area contributed by atoms with Gasteiger partial charge in [0, 0.05) is 7.11 Å². The summed E-state index contributed by atoms with van der Waals surface area (Å²) in [6.07, 6.45) is -3.64. The molecule has 0 bridgehead atoms. The van der Waals surface area contributed by atoms with E-state index in [0.717, 1.165) is 0 Å². The standard InChI is InChI=1S/C7H15NO5/c1-12-7-4(8)6(11)5(10)3(2-9)13-7/h3-7,9-11H,2,8H2,1H3/p+1/t3-,4-,5-,6-,7-/m1/s1. The predicted octanol–water partition coefficient (Wildman–Crippen LogP) is -3.32. The number of rotatable bonds is 2. The topological polar surface area (TPSA) is 107 Å². The van der Waals surface area contributed by atoms with Gasteiger partial charge in [-0.2, -0.15) is 0 Å². The molecule has 1 heterocycles. The molecule has 0 aliphatic carbocycles. The van der Waals surface area contributed by atoms with Crippen molar-refractivity contribution in [3.63, 3.8) is 0 Å². The molecule has 13 heavy (non-hydrogen) atoms. The van der Waals surface area contributed by atoms with Crippen molar-refractivity contribution in [3.8, 4) is 0 Å². The molecule has 0 aromatic carbocycles. The van der Waals surface area contributed by atoms with Gasteiger partial charge in [-0.1, -0.05) is 0 Å². The molecule has 0 amide bonds. The van der Waals surface area contributed by atoms with Crippen LogP contribution in [0, 0.1) is 0 Å². The molecule has 0 saturated carbocycles. The fraction of sp³-hybridized carbons (Fsp3) is 1.00. The Morgan fingerprint density at radius 1 is 1.38 bits per heavy atom. The number of hydrogen-bond acceptors (Lipinski definition) is 5. The Bertz CT molecular complexity index is 147. The number of methoxy groups -OCH3 is 1. The molecular weight excluding hydrogens is 178 g/mol. The van der Waals surface area contributed by atoms with E-state index in [1.165, 1.54) is 7.11 Å². The molecule has 1 fully saturated rings. The number of aliphatic hydroxyl groups excluding tert-OH is 3. The van der Waals surface area contributed by atoms with Gasteiger partial charge in [0.05, 0.1) is 6.61 Å². The van der Waals surface area contributed by atoms with Gasteiger partial charge in [0.1, 0.15) is 18.3 Å². The summed E-state index contributed by atoms with van der Waals surface area (Å²) in [5.74, 6) is 0. The van der Waals surface area contributed by atoms with Crippen LogP contribution in [0.2, 0.25) is 0 Å². The van der Waals surface area contributed by atoms with E-state index in [0.29, 0.717) is 0 Å². The summed E-state index contributed by atoms with van der Waals surface area (Å²) in [6, 6.07) is -0.553. The highest BCUT2D eigenvalue weighted by atomic mass is 16.7. The van der Waals surface area contributed by atoms with E-state index in [4.69, 9.17) is 14.6 Å². The molecule has 1 saturated heterocycles. The molecule has 0 aromatic heterocycles. The van der Waals surface area contributed by atoms with Crippen LogP contribution in [-0.4, -0.2) is 59.7 Å². The van der Waals surface area contributed by atoms with E-state index in [1.807, 2.05) is 0 Å². The second-order valence-electron chi connectivity index (χ2n) is 3.11. The van der Waals surface area contributed by atoms with Crippen LogP contribution in [-0.2, 0) is 9.47 Å². The average molecular weight is 194 g/mol. The molecule has 1 aliphatic heterocycles. The van der Waals surface area contributed by atoms with E-state index in [1.54, 1.807) is 0 Å². The van der Waals surface area contributed by atoms with Gasteiger partial charge in [0.15, 0.2) is 6.04 Å². The summed E-state index contributed by atoms with van der Waals surface area (Å²) in [5.41, 5.74) is 3.61. The quantitative estimate of drug-likeness (QED) is 0.368. The number of hydrogen-bond donors (Lipinski definition) is 4.